The van der Waals surface area contributed by atoms with Gasteiger partial charge in [-0.05, 0) is 50.5 Å². The molecule has 0 radical (unpaired) electrons. The van der Waals surface area contributed by atoms with E-state index < -0.39 is 11.7 Å². The summed E-state index contributed by atoms with van der Waals surface area (Å²) in [6, 6.07) is 22.1. The largest absolute Gasteiger partial charge is 0.416 e. The lowest BCUT2D eigenvalue weighted by Gasteiger charge is -2.34. The van der Waals surface area contributed by atoms with Gasteiger partial charge in [0.15, 0.2) is 0 Å². The SMILES string of the molecule is CN1CCN(c2ccc(-c3nc(-c4ccc(C(F)(F)F)cc4)[nH]c3-c3ccc(N4CCN(C)CC4)cc3)cc2)CC1. The van der Waals surface area contributed by atoms with E-state index in [0.29, 0.717) is 11.4 Å². The molecule has 6 rings (SSSR count). The average molecular weight is 561 g/mol. The van der Waals surface area contributed by atoms with Crippen molar-refractivity contribution in [2.45, 2.75) is 6.18 Å². The number of piperazine rings is 2. The third kappa shape index (κ3) is 5.96. The molecule has 9 heteroatoms. The third-order valence-corrected chi connectivity index (χ3v) is 8.22. The van der Waals surface area contributed by atoms with Crippen LogP contribution in [0.1, 0.15) is 5.56 Å². The zero-order valence-corrected chi connectivity index (χ0v) is 23.5. The number of alkyl halides is 3. The third-order valence-electron chi connectivity index (χ3n) is 8.22. The monoisotopic (exact) mass is 560 g/mol. The number of nitrogens with zero attached hydrogens (tertiary/aromatic N) is 5. The van der Waals surface area contributed by atoms with Crippen LogP contribution >= 0.6 is 0 Å². The van der Waals surface area contributed by atoms with Gasteiger partial charge in [-0.1, -0.05) is 36.4 Å². The minimum Gasteiger partial charge on any atom is -0.369 e. The van der Waals surface area contributed by atoms with Crippen LogP contribution in [0.3, 0.4) is 0 Å². The minimum absolute atomic E-state index is 0.537. The number of likely N-dealkylation sites (N-methyl/N-ethyl adjacent to an activating group) is 2. The summed E-state index contributed by atoms with van der Waals surface area (Å²) in [5.41, 5.74) is 5.85. The number of hydrogen-bond acceptors (Lipinski definition) is 5. The summed E-state index contributed by atoms with van der Waals surface area (Å²) in [5, 5.41) is 0. The van der Waals surface area contributed by atoms with Crippen LogP contribution in [0.25, 0.3) is 33.9 Å². The summed E-state index contributed by atoms with van der Waals surface area (Å²) >= 11 is 0. The lowest BCUT2D eigenvalue weighted by atomic mass is 10.0. The maximum atomic E-state index is 13.2. The first-order chi connectivity index (χ1) is 19.7. The maximum Gasteiger partial charge on any atom is 0.416 e. The van der Waals surface area contributed by atoms with Gasteiger partial charge < -0.3 is 24.6 Å². The highest BCUT2D eigenvalue weighted by atomic mass is 19.4. The Morgan fingerprint density at radius 1 is 0.585 bits per heavy atom. The molecule has 2 aliphatic rings. The summed E-state index contributed by atoms with van der Waals surface area (Å²) in [5.74, 6) is 0.537. The fourth-order valence-corrected chi connectivity index (χ4v) is 5.54. The van der Waals surface area contributed by atoms with Crippen molar-refractivity contribution >= 4 is 11.4 Å². The van der Waals surface area contributed by atoms with Gasteiger partial charge in [0, 0.05) is 80.4 Å². The van der Waals surface area contributed by atoms with Gasteiger partial charge in [0.2, 0.25) is 0 Å². The fourth-order valence-electron chi connectivity index (χ4n) is 5.54. The van der Waals surface area contributed by atoms with Gasteiger partial charge in [0.05, 0.1) is 17.0 Å². The molecule has 0 saturated carbocycles. The first-order valence-electron chi connectivity index (χ1n) is 14.1. The summed E-state index contributed by atoms with van der Waals surface area (Å²) in [6.45, 7) is 8.09. The summed E-state index contributed by atoms with van der Waals surface area (Å²) < 4.78 is 39.5. The Balaban J connectivity index is 1.33. The van der Waals surface area contributed by atoms with Crippen molar-refractivity contribution in [3.63, 3.8) is 0 Å². The van der Waals surface area contributed by atoms with Crippen LogP contribution in [0.2, 0.25) is 0 Å². The molecule has 0 unspecified atom stereocenters. The number of aromatic nitrogens is 2. The Kier molecular flexibility index (Phi) is 7.48. The Morgan fingerprint density at radius 3 is 1.49 bits per heavy atom. The predicted octanol–water partition coefficient (Wildman–Crippen LogP) is 5.93. The van der Waals surface area contributed by atoms with Crippen molar-refractivity contribution < 1.29 is 13.2 Å². The maximum absolute atomic E-state index is 13.2. The molecule has 0 amide bonds. The molecular weight excluding hydrogens is 525 g/mol. The first-order valence-corrected chi connectivity index (χ1v) is 14.1. The van der Waals surface area contributed by atoms with Gasteiger partial charge in [-0.2, -0.15) is 13.2 Å². The number of aromatic amines is 1. The molecule has 41 heavy (non-hydrogen) atoms. The number of halogens is 3. The molecule has 2 saturated heterocycles. The molecule has 0 spiro atoms. The van der Waals surface area contributed by atoms with Crippen LogP contribution in [-0.2, 0) is 6.18 Å². The van der Waals surface area contributed by atoms with Gasteiger partial charge in [-0.25, -0.2) is 4.98 Å². The quantitative estimate of drug-likeness (QED) is 0.328. The molecule has 1 N–H and O–H groups in total. The van der Waals surface area contributed by atoms with E-state index in [1.807, 2.05) is 0 Å². The second-order valence-electron chi connectivity index (χ2n) is 11.1. The van der Waals surface area contributed by atoms with E-state index >= 15 is 0 Å². The number of H-pyrrole nitrogens is 1. The Morgan fingerprint density at radius 2 is 1.02 bits per heavy atom. The lowest BCUT2D eigenvalue weighted by Crippen LogP contribution is -2.44. The second kappa shape index (κ2) is 11.2. The molecule has 4 aromatic rings. The summed E-state index contributed by atoms with van der Waals surface area (Å²) in [7, 11) is 4.29. The number of nitrogens with one attached hydrogen (secondary N) is 1. The van der Waals surface area contributed by atoms with E-state index in [1.54, 1.807) is 0 Å². The van der Waals surface area contributed by atoms with Gasteiger partial charge >= 0.3 is 6.18 Å². The molecule has 214 valence electrons. The molecule has 0 atom stereocenters. The van der Waals surface area contributed by atoms with Crippen molar-refractivity contribution in [2.75, 3.05) is 76.3 Å². The Labute approximate surface area is 239 Å². The van der Waals surface area contributed by atoms with Crippen LogP contribution < -0.4 is 9.80 Å². The molecule has 3 heterocycles. The van der Waals surface area contributed by atoms with Gasteiger partial charge in [0.1, 0.15) is 5.82 Å². The number of benzene rings is 3. The summed E-state index contributed by atoms with van der Waals surface area (Å²) in [6.07, 6.45) is -4.38. The standard InChI is InChI=1S/C32H35F3N6/c1-38-15-19-40(20-16-38)27-11-5-23(6-12-27)29-30(24-7-13-28(14-8-24)41-21-17-39(2)18-22-41)37-31(36-29)25-3-9-26(10-4-25)32(33,34)35/h3-14H,15-22H2,1-2H3,(H,36,37). The summed E-state index contributed by atoms with van der Waals surface area (Å²) in [4.78, 5) is 17.8. The molecule has 6 nitrogen and oxygen atoms in total. The molecule has 0 bridgehead atoms. The van der Waals surface area contributed by atoms with Crippen molar-refractivity contribution in [1.29, 1.82) is 0 Å². The topological polar surface area (TPSA) is 41.6 Å². The minimum atomic E-state index is -4.38. The number of hydrogen-bond donors (Lipinski definition) is 1. The van der Waals surface area contributed by atoms with E-state index in [9.17, 15) is 13.2 Å². The zero-order chi connectivity index (χ0) is 28.6. The van der Waals surface area contributed by atoms with E-state index in [1.165, 1.54) is 23.5 Å². The number of imidazole rings is 1. The first kappa shape index (κ1) is 27.4. The van der Waals surface area contributed by atoms with E-state index in [-0.39, 0.29) is 0 Å². The van der Waals surface area contributed by atoms with Gasteiger partial charge in [0.25, 0.3) is 0 Å². The Hall–Kier alpha value is -3.82. The molecule has 0 aliphatic carbocycles. The van der Waals surface area contributed by atoms with Crippen LogP contribution in [0, 0.1) is 0 Å². The van der Waals surface area contributed by atoms with E-state index in [2.05, 4.69) is 87.2 Å². The highest BCUT2D eigenvalue weighted by Gasteiger charge is 2.30. The normalized spacial score (nSPS) is 17.3. The van der Waals surface area contributed by atoms with Crippen molar-refractivity contribution in [3.05, 3.63) is 78.4 Å². The second-order valence-corrected chi connectivity index (χ2v) is 11.1. The van der Waals surface area contributed by atoms with E-state index in [4.69, 9.17) is 4.98 Å². The number of anilines is 2. The van der Waals surface area contributed by atoms with Crippen molar-refractivity contribution in [2.24, 2.45) is 0 Å². The number of rotatable bonds is 5. The average Bonchev–Trinajstić information content (AvgIpc) is 3.43. The molecule has 1 aromatic heterocycles. The zero-order valence-electron chi connectivity index (χ0n) is 23.5. The molecular formula is C32H35F3N6. The van der Waals surface area contributed by atoms with Gasteiger partial charge in [-0.3, -0.25) is 0 Å². The van der Waals surface area contributed by atoms with Crippen LogP contribution in [-0.4, -0.2) is 86.2 Å². The molecule has 3 aromatic carbocycles. The highest BCUT2D eigenvalue weighted by molar-refractivity contribution is 5.82. The molecule has 2 fully saturated rings. The van der Waals surface area contributed by atoms with Crippen LogP contribution in [0.15, 0.2) is 72.8 Å². The van der Waals surface area contributed by atoms with E-state index in [0.717, 1.165) is 87.0 Å². The highest BCUT2D eigenvalue weighted by Crippen LogP contribution is 2.36. The lowest BCUT2D eigenvalue weighted by molar-refractivity contribution is -0.137. The van der Waals surface area contributed by atoms with Gasteiger partial charge in [-0.15, -0.1) is 0 Å². The Bertz CT molecular complexity index is 1360. The van der Waals surface area contributed by atoms with Crippen LogP contribution in [0.5, 0.6) is 0 Å². The van der Waals surface area contributed by atoms with Crippen LogP contribution in [0.4, 0.5) is 24.5 Å². The predicted molar refractivity (Wildman–Crippen MR) is 159 cm³/mol. The van der Waals surface area contributed by atoms with Crippen molar-refractivity contribution in [1.82, 2.24) is 19.8 Å². The fraction of sp³-hybridized carbons (Fsp3) is 0.344. The smallest absolute Gasteiger partial charge is 0.369 e. The van der Waals surface area contributed by atoms with Crippen molar-refractivity contribution in [3.8, 4) is 33.9 Å². The molecule has 2 aliphatic heterocycles.